The molecule has 0 saturated heterocycles. The van der Waals surface area contributed by atoms with Gasteiger partial charge in [-0.3, -0.25) is 4.98 Å². The molecule has 0 amide bonds. The van der Waals surface area contributed by atoms with Crippen LogP contribution in [0.4, 0.5) is 17.6 Å². The van der Waals surface area contributed by atoms with Gasteiger partial charge in [0.25, 0.3) is 0 Å². The smallest absolute Gasteiger partial charge is 0.417 e. The molecule has 0 fully saturated rings. The molecule has 0 spiro atoms. The Morgan fingerprint density at radius 3 is 2.67 bits per heavy atom. The zero-order chi connectivity index (χ0) is 19.8. The van der Waals surface area contributed by atoms with Crippen molar-refractivity contribution in [2.75, 3.05) is 0 Å². The zero-order valence-corrected chi connectivity index (χ0v) is 14.7. The summed E-state index contributed by atoms with van der Waals surface area (Å²) in [6, 6.07) is 3.45. The predicted molar refractivity (Wildman–Crippen MR) is 92.1 cm³/mol. The Kier molecular flexibility index (Phi) is 4.97. The fourth-order valence-corrected chi connectivity index (χ4v) is 3.44. The van der Waals surface area contributed by atoms with Gasteiger partial charge in [-0.05, 0) is 30.2 Å². The van der Waals surface area contributed by atoms with Gasteiger partial charge in [0.2, 0.25) is 0 Å². The van der Waals surface area contributed by atoms with Crippen LogP contribution in [-0.4, -0.2) is 21.0 Å². The van der Waals surface area contributed by atoms with E-state index in [0.717, 1.165) is 35.9 Å². The van der Waals surface area contributed by atoms with Crippen molar-refractivity contribution in [1.29, 1.82) is 0 Å². The number of benzene rings is 1. The molecule has 27 heavy (non-hydrogen) atoms. The molecule has 140 valence electrons. The Morgan fingerprint density at radius 1 is 1.30 bits per heavy atom. The number of carboxylic acids is 1. The lowest BCUT2D eigenvalue weighted by Crippen LogP contribution is -2.07. The first kappa shape index (κ1) is 19.0. The van der Waals surface area contributed by atoms with Crippen LogP contribution >= 0.6 is 11.3 Å². The van der Waals surface area contributed by atoms with Crippen molar-refractivity contribution in [3.63, 3.8) is 0 Å². The number of carbonyl (C=O) groups is 1. The fraction of sp³-hybridized carbons (Fsp3) is 0.167. The van der Waals surface area contributed by atoms with Crippen LogP contribution < -0.4 is 0 Å². The molecular formula is C18H12F4N2O2S. The van der Waals surface area contributed by atoms with Gasteiger partial charge >= 0.3 is 12.1 Å². The topological polar surface area (TPSA) is 63.1 Å². The lowest BCUT2D eigenvalue weighted by atomic mass is 10.0. The third-order valence-electron chi connectivity index (χ3n) is 3.92. The van der Waals surface area contributed by atoms with E-state index in [4.69, 9.17) is 0 Å². The molecule has 4 nitrogen and oxygen atoms in total. The van der Waals surface area contributed by atoms with Crippen molar-refractivity contribution in [1.82, 2.24) is 9.97 Å². The molecule has 2 aromatic heterocycles. The first-order valence-electron chi connectivity index (χ1n) is 7.75. The van der Waals surface area contributed by atoms with E-state index < -0.39 is 29.1 Å². The summed E-state index contributed by atoms with van der Waals surface area (Å²) in [5, 5.41) is 10.8. The summed E-state index contributed by atoms with van der Waals surface area (Å²) in [5.74, 6) is -2.25. The van der Waals surface area contributed by atoms with Crippen LogP contribution in [0.5, 0.6) is 0 Å². The maximum atomic E-state index is 14.1. The molecule has 9 heteroatoms. The number of nitrogens with zero attached hydrogens (tertiary/aromatic N) is 2. The normalized spacial score (nSPS) is 11.6. The molecule has 1 aromatic carbocycles. The summed E-state index contributed by atoms with van der Waals surface area (Å²) in [4.78, 5) is 19.2. The van der Waals surface area contributed by atoms with E-state index in [1.807, 2.05) is 0 Å². The molecule has 0 aliphatic heterocycles. The van der Waals surface area contributed by atoms with E-state index in [2.05, 4.69) is 9.97 Å². The first-order chi connectivity index (χ1) is 12.7. The lowest BCUT2D eigenvalue weighted by Gasteiger charge is -2.10. The Balaban J connectivity index is 2.11. The standard InChI is InChI=1S/C18H12F4N2O2S/c1-2-9-5-10(6-11(15(9)19)17(25)26)14-8-27-16(24-14)12-7-23-4-3-13(12)18(20,21)22/h3-8H,2H2,1H3,(H,25,26). The van der Waals surface area contributed by atoms with Gasteiger partial charge < -0.3 is 5.11 Å². The number of halogens is 4. The van der Waals surface area contributed by atoms with Gasteiger partial charge in [0, 0.05) is 28.9 Å². The molecule has 0 aliphatic rings. The van der Waals surface area contributed by atoms with Crippen molar-refractivity contribution < 1.29 is 27.5 Å². The average molecular weight is 396 g/mol. The SMILES string of the molecule is CCc1cc(-c2csc(-c3cnccc3C(F)(F)F)n2)cc(C(=O)O)c1F. The molecular weight excluding hydrogens is 384 g/mol. The summed E-state index contributed by atoms with van der Waals surface area (Å²) in [5.41, 5.74) is -0.752. The monoisotopic (exact) mass is 396 g/mol. The van der Waals surface area contributed by atoms with Gasteiger partial charge in [0.15, 0.2) is 0 Å². The molecule has 3 aromatic rings. The highest BCUT2D eigenvalue weighted by Crippen LogP contribution is 2.38. The molecule has 0 radical (unpaired) electrons. The molecule has 0 unspecified atom stereocenters. The van der Waals surface area contributed by atoms with Crippen LogP contribution in [0.15, 0.2) is 36.0 Å². The maximum Gasteiger partial charge on any atom is 0.417 e. The fourth-order valence-electron chi connectivity index (χ4n) is 2.59. The number of aryl methyl sites for hydroxylation is 1. The average Bonchev–Trinajstić information content (AvgIpc) is 3.11. The van der Waals surface area contributed by atoms with Crippen LogP contribution in [0.25, 0.3) is 21.8 Å². The second-order valence-corrected chi connectivity index (χ2v) is 6.47. The molecule has 0 bridgehead atoms. The van der Waals surface area contributed by atoms with Gasteiger partial charge in [-0.15, -0.1) is 11.3 Å². The molecule has 3 rings (SSSR count). The molecule has 2 heterocycles. The number of aromatic nitrogens is 2. The van der Waals surface area contributed by atoms with Crippen molar-refractivity contribution in [3.8, 4) is 21.8 Å². The number of rotatable bonds is 4. The lowest BCUT2D eigenvalue weighted by molar-refractivity contribution is -0.137. The van der Waals surface area contributed by atoms with Gasteiger partial charge in [-0.2, -0.15) is 13.2 Å². The van der Waals surface area contributed by atoms with E-state index in [9.17, 15) is 27.5 Å². The van der Waals surface area contributed by atoms with E-state index in [1.54, 1.807) is 6.92 Å². The summed E-state index contributed by atoms with van der Waals surface area (Å²) in [6.07, 6.45) is -2.17. The van der Waals surface area contributed by atoms with Crippen molar-refractivity contribution in [2.45, 2.75) is 19.5 Å². The van der Waals surface area contributed by atoms with Gasteiger partial charge in [0.05, 0.1) is 16.8 Å². The summed E-state index contributed by atoms with van der Waals surface area (Å²) >= 11 is 0.967. The minimum Gasteiger partial charge on any atom is -0.478 e. The van der Waals surface area contributed by atoms with E-state index >= 15 is 0 Å². The maximum absolute atomic E-state index is 14.1. The van der Waals surface area contributed by atoms with Crippen LogP contribution in [0.1, 0.15) is 28.4 Å². The number of pyridine rings is 1. The molecule has 0 atom stereocenters. The highest BCUT2D eigenvalue weighted by molar-refractivity contribution is 7.13. The Hall–Kier alpha value is -2.81. The van der Waals surface area contributed by atoms with Gasteiger partial charge in [-0.25, -0.2) is 14.2 Å². The third kappa shape index (κ3) is 3.68. The highest BCUT2D eigenvalue weighted by atomic mass is 32.1. The first-order valence-corrected chi connectivity index (χ1v) is 8.63. The number of hydrogen-bond acceptors (Lipinski definition) is 4. The minimum atomic E-state index is -4.56. The summed E-state index contributed by atoms with van der Waals surface area (Å²) < 4.78 is 53.7. The Labute approximate surface area is 155 Å². The van der Waals surface area contributed by atoms with Gasteiger partial charge in [-0.1, -0.05) is 6.92 Å². The van der Waals surface area contributed by atoms with Crippen molar-refractivity contribution >= 4 is 17.3 Å². The summed E-state index contributed by atoms with van der Waals surface area (Å²) in [6.45, 7) is 1.67. The highest BCUT2D eigenvalue weighted by Gasteiger charge is 2.34. The predicted octanol–water partition coefficient (Wildman–Crippen LogP) is 5.29. The number of hydrogen-bond donors (Lipinski definition) is 1. The van der Waals surface area contributed by atoms with E-state index in [-0.39, 0.29) is 28.2 Å². The second kappa shape index (κ2) is 7.07. The minimum absolute atomic E-state index is 0.0877. The van der Waals surface area contributed by atoms with Crippen LogP contribution in [0, 0.1) is 5.82 Å². The molecule has 1 N–H and O–H groups in total. The zero-order valence-electron chi connectivity index (χ0n) is 13.8. The van der Waals surface area contributed by atoms with Gasteiger partial charge in [0.1, 0.15) is 10.8 Å². The van der Waals surface area contributed by atoms with Crippen LogP contribution in [-0.2, 0) is 12.6 Å². The Bertz CT molecular complexity index is 1010. The van der Waals surface area contributed by atoms with Crippen molar-refractivity contribution in [2.24, 2.45) is 0 Å². The molecule has 0 aliphatic carbocycles. The number of carboxylic acid groups (broad SMARTS) is 1. The van der Waals surface area contributed by atoms with E-state index in [1.165, 1.54) is 11.4 Å². The second-order valence-electron chi connectivity index (χ2n) is 5.61. The quantitative estimate of drug-likeness (QED) is 0.609. The van der Waals surface area contributed by atoms with Crippen molar-refractivity contribution in [3.05, 3.63) is 58.5 Å². The number of thiazole rings is 1. The Morgan fingerprint density at radius 2 is 2.04 bits per heavy atom. The third-order valence-corrected chi connectivity index (χ3v) is 4.79. The van der Waals surface area contributed by atoms with E-state index in [0.29, 0.717) is 5.56 Å². The number of aromatic carboxylic acids is 1. The summed E-state index contributed by atoms with van der Waals surface area (Å²) in [7, 11) is 0. The van der Waals surface area contributed by atoms with Crippen LogP contribution in [0.3, 0.4) is 0 Å². The van der Waals surface area contributed by atoms with Crippen LogP contribution in [0.2, 0.25) is 0 Å². The largest absolute Gasteiger partial charge is 0.478 e. The number of alkyl halides is 3. The molecule has 0 saturated carbocycles.